The van der Waals surface area contributed by atoms with Gasteiger partial charge in [-0.15, -0.1) is 18.2 Å². The average Bonchev–Trinajstić information content (AvgIpc) is 2.96. The molecular formula is C33H27ClSi. The van der Waals surface area contributed by atoms with E-state index in [-0.39, 0.29) is 0 Å². The summed E-state index contributed by atoms with van der Waals surface area (Å²) >= 11 is 7.91. The van der Waals surface area contributed by atoms with Crippen LogP contribution in [0.4, 0.5) is 0 Å². The molecule has 5 aromatic carbocycles. The highest BCUT2D eigenvalue weighted by molar-refractivity contribution is 7.16. The number of hydrogen-bond donors (Lipinski definition) is 0. The van der Waals surface area contributed by atoms with Gasteiger partial charge in [-0.05, 0) is 31.9 Å². The van der Waals surface area contributed by atoms with Crippen LogP contribution in [0.1, 0.15) is 11.1 Å². The van der Waals surface area contributed by atoms with Crippen LogP contribution in [0, 0.1) is 0 Å². The second-order valence-corrected chi connectivity index (χ2v) is 13.1. The normalized spacial score (nSPS) is 11.7. The van der Waals surface area contributed by atoms with Crippen molar-refractivity contribution >= 4 is 35.2 Å². The van der Waals surface area contributed by atoms with Gasteiger partial charge in [0.1, 0.15) is 4.87 Å². The van der Waals surface area contributed by atoms with Gasteiger partial charge >= 0.3 is 0 Å². The Morgan fingerprint density at radius 1 is 0.457 bits per heavy atom. The summed E-state index contributed by atoms with van der Waals surface area (Å²) in [5.74, 6) is 0. The van der Waals surface area contributed by atoms with E-state index in [1.54, 1.807) is 0 Å². The first kappa shape index (κ1) is 23.1. The first-order valence-corrected chi connectivity index (χ1v) is 14.2. The smallest absolute Gasteiger partial charge is 0.104 e. The lowest BCUT2D eigenvalue weighted by molar-refractivity contribution is 0.899. The molecule has 0 aliphatic heterocycles. The third-order valence-electron chi connectivity index (χ3n) is 6.83. The minimum absolute atomic E-state index is 0.920. The van der Waals surface area contributed by atoms with Crippen LogP contribution in [-0.2, 0) is 4.87 Å². The van der Waals surface area contributed by atoms with Crippen LogP contribution >= 0.6 is 11.6 Å². The molecule has 35 heavy (non-hydrogen) atoms. The summed E-state index contributed by atoms with van der Waals surface area (Å²) in [6, 6.07) is 53.1. The topological polar surface area (TPSA) is 0 Å². The minimum Gasteiger partial charge on any atom is -0.104 e. The lowest BCUT2D eigenvalue weighted by atomic mass is 9.90. The molecule has 5 aromatic rings. The predicted molar refractivity (Wildman–Crippen MR) is 153 cm³/mol. The lowest BCUT2D eigenvalue weighted by Gasteiger charge is -2.43. The van der Waals surface area contributed by atoms with Gasteiger partial charge in [0, 0.05) is 0 Å². The third kappa shape index (κ3) is 3.97. The van der Waals surface area contributed by atoms with Crippen LogP contribution in [0.3, 0.4) is 0 Å². The molecule has 2 heteroatoms. The van der Waals surface area contributed by atoms with Crippen molar-refractivity contribution in [2.75, 3.05) is 0 Å². The minimum atomic E-state index is -2.85. The summed E-state index contributed by atoms with van der Waals surface area (Å²) < 4.78 is 0. The number of rotatable bonds is 7. The van der Waals surface area contributed by atoms with Gasteiger partial charge in [0.2, 0.25) is 0 Å². The lowest BCUT2D eigenvalue weighted by Crippen LogP contribution is -2.70. The fraction of sp³-hybridized carbons (Fsp3) is 0.0303. The molecule has 170 valence electrons. The summed E-state index contributed by atoms with van der Waals surface area (Å²) in [7, 11) is -2.85. The van der Waals surface area contributed by atoms with E-state index in [4.69, 9.17) is 18.2 Å². The maximum Gasteiger partial charge on any atom is 0.177 e. The van der Waals surface area contributed by atoms with Crippen LogP contribution in [0.15, 0.2) is 163 Å². The molecule has 0 heterocycles. The van der Waals surface area contributed by atoms with Crippen molar-refractivity contribution in [3.8, 4) is 0 Å². The Morgan fingerprint density at radius 3 is 1.00 bits per heavy atom. The summed E-state index contributed by atoms with van der Waals surface area (Å²) in [6.07, 6.45) is 0. The molecular weight excluding hydrogens is 460 g/mol. The molecule has 0 saturated heterocycles. The first-order valence-electron chi connectivity index (χ1n) is 11.8. The van der Waals surface area contributed by atoms with Gasteiger partial charge in [-0.2, -0.15) is 0 Å². The van der Waals surface area contributed by atoms with E-state index in [0.29, 0.717) is 0 Å². The van der Waals surface area contributed by atoms with E-state index in [9.17, 15) is 0 Å². The number of alkyl halides is 1. The van der Waals surface area contributed by atoms with Crippen LogP contribution in [0.2, 0.25) is 0 Å². The predicted octanol–water partition coefficient (Wildman–Crippen LogP) is 6.43. The molecule has 0 atom stereocenters. The largest absolute Gasteiger partial charge is 0.177 e. The van der Waals surface area contributed by atoms with Crippen LogP contribution < -0.4 is 15.6 Å². The van der Waals surface area contributed by atoms with E-state index >= 15 is 0 Å². The second kappa shape index (κ2) is 9.91. The van der Waals surface area contributed by atoms with Crippen LogP contribution in [-0.4, -0.2) is 8.07 Å². The molecule has 0 aliphatic carbocycles. The monoisotopic (exact) mass is 486 g/mol. The Labute approximate surface area is 214 Å². The van der Waals surface area contributed by atoms with Crippen molar-refractivity contribution in [1.29, 1.82) is 0 Å². The summed E-state index contributed by atoms with van der Waals surface area (Å²) in [4.78, 5) is -0.920. The van der Waals surface area contributed by atoms with Crippen LogP contribution in [0.25, 0.3) is 0 Å². The highest BCUT2D eigenvalue weighted by atomic mass is 35.5. The highest BCUT2D eigenvalue weighted by Gasteiger charge is 2.51. The molecule has 0 unspecified atom stereocenters. The molecule has 5 rings (SSSR count). The van der Waals surface area contributed by atoms with E-state index in [1.807, 2.05) is 12.1 Å². The van der Waals surface area contributed by atoms with Gasteiger partial charge in [0.25, 0.3) is 0 Å². The third-order valence-corrected chi connectivity index (χ3v) is 12.5. The zero-order valence-electron chi connectivity index (χ0n) is 19.5. The molecule has 0 nitrogen and oxygen atoms in total. The van der Waals surface area contributed by atoms with Gasteiger partial charge in [-0.25, -0.2) is 0 Å². The van der Waals surface area contributed by atoms with Gasteiger partial charge < -0.3 is 0 Å². The number of allylic oxidation sites excluding steroid dienone is 1. The van der Waals surface area contributed by atoms with Gasteiger partial charge in [0.15, 0.2) is 8.07 Å². The zero-order valence-corrected chi connectivity index (χ0v) is 21.3. The van der Waals surface area contributed by atoms with Crippen molar-refractivity contribution in [3.63, 3.8) is 0 Å². The maximum atomic E-state index is 7.91. The Morgan fingerprint density at radius 2 is 0.714 bits per heavy atom. The fourth-order valence-corrected chi connectivity index (χ4v) is 10.8. The first-order chi connectivity index (χ1) is 17.2. The Kier molecular flexibility index (Phi) is 6.54. The SMILES string of the molecule is C=C(C(Cl)(c1ccccc1)c1ccccc1)[Si](c1ccccc1)(c1ccccc1)c1ccccc1. The quantitative estimate of drug-likeness (QED) is 0.141. The van der Waals surface area contributed by atoms with Crippen molar-refractivity contribution in [2.24, 2.45) is 0 Å². The van der Waals surface area contributed by atoms with E-state index in [0.717, 1.165) is 16.3 Å². The fourth-order valence-electron chi connectivity index (χ4n) is 5.20. The Balaban J connectivity index is 1.90. The molecule has 0 saturated carbocycles. The molecule has 0 spiro atoms. The standard InChI is InChI=1S/C33H27ClSi/c1-27(33(34,28-17-7-2-8-18-28)29-19-9-3-10-20-29)35(30-21-11-4-12-22-30,31-23-13-5-14-24-31)32-25-15-6-16-26-32/h2-26H,1H2. The molecule has 0 N–H and O–H groups in total. The number of halogens is 1. The summed E-state index contributed by atoms with van der Waals surface area (Å²) in [5.41, 5.74) is 2.05. The highest BCUT2D eigenvalue weighted by Crippen LogP contribution is 2.45. The van der Waals surface area contributed by atoms with Crippen molar-refractivity contribution < 1.29 is 0 Å². The molecule has 0 aromatic heterocycles. The van der Waals surface area contributed by atoms with Crippen molar-refractivity contribution in [3.05, 3.63) is 175 Å². The number of benzene rings is 5. The van der Waals surface area contributed by atoms with E-state index in [1.165, 1.54) is 15.6 Å². The van der Waals surface area contributed by atoms with Gasteiger partial charge in [-0.3, -0.25) is 0 Å². The maximum absolute atomic E-state index is 7.91. The average molecular weight is 487 g/mol. The van der Waals surface area contributed by atoms with E-state index in [2.05, 4.69) is 140 Å². The summed E-state index contributed by atoms with van der Waals surface area (Å²) in [6.45, 7) is 4.91. The molecule has 0 bridgehead atoms. The zero-order chi connectivity index (χ0) is 24.1. The van der Waals surface area contributed by atoms with Crippen LogP contribution in [0.5, 0.6) is 0 Å². The molecule has 0 radical (unpaired) electrons. The van der Waals surface area contributed by atoms with Gasteiger partial charge in [0.05, 0.1) is 0 Å². The van der Waals surface area contributed by atoms with Gasteiger partial charge in [-0.1, -0.05) is 152 Å². The Bertz CT molecular complexity index is 1250. The second-order valence-electron chi connectivity index (χ2n) is 8.72. The summed E-state index contributed by atoms with van der Waals surface area (Å²) in [5, 5.41) is 4.81. The molecule has 0 fully saturated rings. The van der Waals surface area contributed by atoms with E-state index < -0.39 is 12.9 Å². The van der Waals surface area contributed by atoms with Crippen molar-refractivity contribution in [1.82, 2.24) is 0 Å². The van der Waals surface area contributed by atoms with Crippen molar-refractivity contribution in [2.45, 2.75) is 4.87 Å². The molecule has 0 amide bonds. The number of hydrogen-bond acceptors (Lipinski definition) is 0. The molecule has 0 aliphatic rings. The Hall–Kier alpha value is -3.65.